The van der Waals surface area contributed by atoms with Crippen LogP contribution in [0, 0.1) is 11.6 Å². The first-order valence-corrected chi connectivity index (χ1v) is 8.17. The summed E-state index contributed by atoms with van der Waals surface area (Å²) in [4.78, 5) is 27.5. The number of Topliss-reactive ketones (excluding diaryl/α,β-unsaturated/α-hetero) is 1. The fourth-order valence-electron chi connectivity index (χ4n) is 2.53. The number of aromatic nitrogens is 1. The summed E-state index contributed by atoms with van der Waals surface area (Å²) in [6.07, 6.45) is 0.387. The topological polar surface area (TPSA) is 68.3 Å². The molecule has 0 fully saturated rings. The number of nitrogens with zero attached hydrogens (tertiary/aromatic N) is 1. The molecule has 1 heterocycles. The molecule has 1 aromatic heterocycles. The standard InChI is InChI=1S/C20H16F2N2O3/c1-11(25)13-3-5-15(6-4-13)24-20(26)12(2)27-18-7-8-23-19-16(18)9-14(21)10-17(19)22/h3-10,12H,1-2H3,(H,24,26)/t12-/m1/s1. The number of benzene rings is 2. The molecule has 0 aliphatic rings. The van der Waals surface area contributed by atoms with E-state index in [-0.39, 0.29) is 22.4 Å². The molecule has 0 radical (unpaired) electrons. The number of nitrogens with one attached hydrogen (secondary N) is 1. The number of hydrogen-bond acceptors (Lipinski definition) is 4. The molecule has 0 spiro atoms. The Balaban J connectivity index is 1.77. The number of pyridine rings is 1. The van der Waals surface area contributed by atoms with Crippen molar-refractivity contribution in [3.8, 4) is 5.75 Å². The van der Waals surface area contributed by atoms with Crippen LogP contribution >= 0.6 is 0 Å². The van der Waals surface area contributed by atoms with Crippen molar-refractivity contribution in [1.29, 1.82) is 0 Å². The molecule has 0 saturated heterocycles. The SMILES string of the molecule is CC(=O)c1ccc(NC(=O)[C@@H](C)Oc2ccnc3c(F)cc(F)cc23)cc1. The van der Waals surface area contributed by atoms with Gasteiger partial charge in [-0.05, 0) is 50.2 Å². The van der Waals surface area contributed by atoms with Crippen LogP contribution in [0.4, 0.5) is 14.5 Å². The van der Waals surface area contributed by atoms with E-state index in [1.54, 1.807) is 24.3 Å². The third-order valence-corrected chi connectivity index (χ3v) is 3.96. The normalized spacial score (nSPS) is 11.9. The number of halogens is 2. The van der Waals surface area contributed by atoms with Crippen molar-refractivity contribution in [2.45, 2.75) is 20.0 Å². The smallest absolute Gasteiger partial charge is 0.265 e. The predicted octanol–water partition coefficient (Wildman–Crippen LogP) is 4.12. The first-order chi connectivity index (χ1) is 12.8. The maximum atomic E-state index is 13.8. The molecule has 138 valence electrons. The Bertz CT molecular complexity index is 1020. The van der Waals surface area contributed by atoms with Crippen LogP contribution in [0.5, 0.6) is 5.75 Å². The fraction of sp³-hybridized carbons (Fsp3) is 0.150. The lowest BCUT2D eigenvalue weighted by atomic mass is 10.1. The first-order valence-electron chi connectivity index (χ1n) is 8.17. The minimum Gasteiger partial charge on any atom is -0.480 e. The van der Waals surface area contributed by atoms with E-state index in [0.717, 1.165) is 12.1 Å². The number of anilines is 1. The molecule has 1 amide bonds. The molecule has 3 rings (SSSR count). The van der Waals surface area contributed by atoms with Crippen molar-refractivity contribution in [1.82, 2.24) is 4.98 Å². The molecule has 0 aliphatic heterocycles. The van der Waals surface area contributed by atoms with Gasteiger partial charge in [0.15, 0.2) is 17.7 Å². The van der Waals surface area contributed by atoms with E-state index in [1.165, 1.54) is 26.1 Å². The number of ketones is 1. The van der Waals surface area contributed by atoms with E-state index in [2.05, 4.69) is 10.3 Å². The highest BCUT2D eigenvalue weighted by atomic mass is 19.1. The molecular weight excluding hydrogens is 354 g/mol. The van der Waals surface area contributed by atoms with Gasteiger partial charge in [-0.2, -0.15) is 0 Å². The van der Waals surface area contributed by atoms with Gasteiger partial charge in [-0.25, -0.2) is 8.78 Å². The summed E-state index contributed by atoms with van der Waals surface area (Å²) in [6, 6.07) is 9.69. The van der Waals surface area contributed by atoms with Gasteiger partial charge in [-0.15, -0.1) is 0 Å². The molecule has 0 unspecified atom stereocenters. The highest BCUT2D eigenvalue weighted by Crippen LogP contribution is 2.27. The largest absolute Gasteiger partial charge is 0.480 e. The summed E-state index contributed by atoms with van der Waals surface area (Å²) in [5, 5.41) is 2.80. The fourth-order valence-corrected chi connectivity index (χ4v) is 2.53. The summed E-state index contributed by atoms with van der Waals surface area (Å²) in [5.74, 6) is -1.95. The number of fused-ring (bicyclic) bond motifs is 1. The van der Waals surface area contributed by atoms with Gasteiger partial charge in [0, 0.05) is 28.9 Å². The molecule has 0 saturated carbocycles. The number of carbonyl (C=O) groups is 2. The maximum Gasteiger partial charge on any atom is 0.265 e. The summed E-state index contributed by atoms with van der Waals surface area (Å²) in [6.45, 7) is 2.97. The molecular formula is C20H16F2N2O3. The zero-order valence-electron chi connectivity index (χ0n) is 14.6. The minimum atomic E-state index is -0.936. The van der Waals surface area contributed by atoms with E-state index in [9.17, 15) is 18.4 Å². The van der Waals surface area contributed by atoms with Crippen LogP contribution in [0.2, 0.25) is 0 Å². The molecule has 5 nitrogen and oxygen atoms in total. The molecule has 1 atom stereocenters. The second kappa shape index (κ2) is 7.49. The Kier molecular flexibility index (Phi) is 5.12. The highest BCUT2D eigenvalue weighted by Gasteiger charge is 2.18. The van der Waals surface area contributed by atoms with Crippen LogP contribution in [0.25, 0.3) is 10.9 Å². The van der Waals surface area contributed by atoms with E-state index >= 15 is 0 Å². The van der Waals surface area contributed by atoms with Gasteiger partial charge in [0.25, 0.3) is 5.91 Å². The Morgan fingerprint density at radius 3 is 2.48 bits per heavy atom. The van der Waals surface area contributed by atoms with Crippen LogP contribution in [0.3, 0.4) is 0 Å². The Hall–Kier alpha value is -3.35. The highest BCUT2D eigenvalue weighted by molar-refractivity contribution is 5.97. The zero-order chi connectivity index (χ0) is 19.6. The van der Waals surface area contributed by atoms with E-state index in [4.69, 9.17) is 4.74 Å². The summed E-state index contributed by atoms with van der Waals surface area (Å²) < 4.78 is 33.0. The molecule has 0 aliphatic carbocycles. The quantitative estimate of drug-likeness (QED) is 0.686. The van der Waals surface area contributed by atoms with Crippen molar-refractivity contribution >= 4 is 28.3 Å². The summed E-state index contributed by atoms with van der Waals surface area (Å²) >= 11 is 0. The van der Waals surface area contributed by atoms with Gasteiger partial charge in [0.05, 0.1) is 0 Å². The molecule has 0 bridgehead atoms. The molecule has 3 aromatic rings. The van der Waals surface area contributed by atoms with Gasteiger partial charge in [0.1, 0.15) is 17.1 Å². The van der Waals surface area contributed by atoms with Gasteiger partial charge >= 0.3 is 0 Å². The Morgan fingerprint density at radius 1 is 1.11 bits per heavy atom. The average molecular weight is 370 g/mol. The lowest BCUT2D eigenvalue weighted by Crippen LogP contribution is -2.30. The van der Waals surface area contributed by atoms with Gasteiger partial charge in [0.2, 0.25) is 0 Å². The molecule has 27 heavy (non-hydrogen) atoms. The Labute approximate surface area is 154 Å². The number of carbonyl (C=O) groups excluding carboxylic acids is 2. The molecule has 7 heteroatoms. The first kappa shape index (κ1) is 18.4. The second-order valence-corrected chi connectivity index (χ2v) is 5.98. The minimum absolute atomic E-state index is 0.0404. The van der Waals surface area contributed by atoms with Gasteiger partial charge in [-0.1, -0.05) is 0 Å². The summed E-state index contributed by atoms with van der Waals surface area (Å²) in [7, 11) is 0. The lowest BCUT2D eigenvalue weighted by molar-refractivity contribution is -0.122. The molecule has 2 aromatic carbocycles. The van der Waals surface area contributed by atoms with Crippen LogP contribution < -0.4 is 10.1 Å². The van der Waals surface area contributed by atoms with Crippen LogP contribution in [0.1, 0.15) is 24.2 Å². The Morgan fingerprint density at radius 2 is 1.81 bits per heavy atom. The predicted molar refractivity (Wildman–Crippen MR) is 96.8 cm³/mol. The summed E-state index contributed by atoms with van der Waals surface area (Å²) in [5.41, 5.74) is 0.989. The van der Waals surface area contributed by atoms with E-state index in [1.807, 2.05) is 0 Å². The number of ether oxygens (including phenoxy) is 1. The zero-order valence-corrected chi connectivity index (χ0v) is 14.6. The van der Waals surface area contributed by atoms with Crippen LogP contribution in [-0.4, -0.2) is 22.8 Å². The average Bonchev–Trinajstić information content (AvgIpc) is 2.62. The van der Waals surface area contributed by atoms with Gasteiger partial charge in [-0.3, -0.25) is 14.6 Å². The van der Waals surface area contributed by atoms with Crippen molar-refractivity contribution in [3.63, 3.8) is 0 Å². The lowest BCUT2D eigenvalue weighted by Gasteiger charge is -2.16. The monoisotopic (exact) mass is 370 g/mol. The second-order valence-electron chi connectivity index (χ2n) is 5.98. The number of rotatable bonds is 5. The molecule has 1 N–H and O–H groups in total. The van der Waals surface area contributed by atoms with Crippen molar-refractivity contribution in [3.05, 3.63) is 65.9 Å². The van der Waals surface area contributed by atoms with Crippen molar-refractivity contribution in [2.75, 3.05) is 5.32 Å². The van der Waals surface area contributed by atoms with Crippen molar-refractivity contribution in [2.24, 2.45) is 0 Å². The maximum absolute atomic E-state index is 13.8. The number of hydrogen-bond donors (Lipinski definition) is 1. The van der Waals surface area contributed by atoms with E-state index in [0.29, 0.717) is 11.3 Å². The number of amides is 1. The van der Waals surface area contributed by atoms with Gasteiger partial charge < -0.3 is 10.1 Å². The van der Waals surface area contributed by atoms with E-state index < -0.39 is 23.6 Å². The third kappa shape index (κ3) is 4.08. The van der Waals surface area contributed by atoms with Crippen LogP contribution in [0.15, 0.2) is 48.7 Å². The van der Waals surface area contributed by atoms with Crippen LogP contribution in [-0.2, 0) is 4.79 Å². The third-order valence-electron chi connectivity index (χ3n) is 3.96. The van der Waals surface area contributed by atoms with Crippen molar-refractivity contribution < 1.29 is 23.1 Å².